The summed E-state index contributed by atoms with van der Waals surface area (Å²) in [6.07, 6.45) is 0. The molecule has 2 unspecified atom stereocenters. The number of carboxylic acid groups (broad SMARTS) is 1. The Bertz CT molecular complexity index is 439. The molecule has 17 heavy (non-hydrogen) atoms. The molecule has 3 nitrogen and oxygen atoms in total. The Morgan fingerprint density at radius 1 is 1.29 bits per heavy atom. The Morgan fingerprint density at radius 2 is 1.88 bits per heavy atom. The molecule has 2 atom stereocenters. The molecule has 0 saturated carbocycles. The molecule has 1 rings (SSSR count). The molecule has 92 valence electrons. The number of carbonyl (C=O) groups is 2. The van der Waals surface area contributed by atoms with Crippen molar-refractivity contribution in [1.29, 1.82) is 0 Å². The largest absolute Gasteiger partial charge is 0.481 e. The minimum absolute atomic E-state index is 0.000520. The quantitative estimate of drug-likeness (QED) is 0.845. The van der Waals surface area contributed by atoms with Crippen molar-refractivity contribution in [2.45, 2.75) is 13.8 Å². The third-order valence-corrected chi connectivity index (χ3v) is 3.08. The van der Waals surface area contributed by atoms with Gasteiger partial charge in [0.15, 0.2) is 5.78 Å². The zero-order chi connectivity index (χ0) is 13.2. The van der Waals surface area contributed by atoms with Crippen LogP contribution in [0.1, 0.15) is 24.2 Å². The smallest absolute Gasteiger partial charge is 0.306 e. The first-order valence-corrected chi connectivity index (χ1v) is 5.45. The molecule has 1 aromatic rings. The van der Waals surface area contributed by atoms with E-state index in [1.54, 1.807) is 0 Å². The van der Waals surface area contributed by atoms with Gasteiger partial charge in [0, 0.05) is 5.92 Å². The predicted molar refractivity (Wildman–Crippen MR) is 61.7 cm³/mol. The van der Waals surface area contributed by atoms with Crippen molar-refractivity contribution in [3.05, 3.63) is 34.6 Å². The molecule has 0 saturated heterocycles. The lowest BCUT2D eigenvalue weighted by atomic mass is 9.88. The molecule has 0 bridgehead atoms. The summed E-state index contributed by atoms with van der Waals surface area (Å²) in [4.78, 5) is 22.7. The fraction of sp³-hybridized carbons (Fsp3) is 0.333. The summed E-state index contributed by atoms with van der Waals surface area (Å²) >= 11 is 5.74. The number of benzene rings is 1. The third kappa shape index (κ3) is 2.82. The van der Waals surface area contributed by atoms with Gasteiger partial charge in [-0.1, -0.05) is 31.5 Å². The van der Waals surface area contributed by atoms with E-state index in [9.17, 15) is 14.0 Å². The topological polar surface area (TPSA) is 54.4 Å². The second-order valence-corrected chi connectivity index (χ2v) is 4.28. The number of aliphatic carboxylic acids is 1. The van der Waals surface area contributed by atoms with E-state index in [2.05, 4.69) is 0 Å². The Labute approximate surface area is 103 Å². The zero-order valence-corrected chi connectivity index (χ0v) is 10.2. The minimum atomic E-state index is -1.10. The summed E-state index contributed by atoms with van der Waals surface area (Å²) in [7, 11) is 0. The zero-order valence-electron chi connectivity index (χ0n) is 9.41. The van der Waals surface area contributed by atoms with Crippen LogP contribution in [0.15, 0.2) is 18.2 Å². The molecule has 0 aliphatic rings. The monoisotopic (exact) mass is 258 g/mol. The molecule has 0 spiro atoms. The van der Waals surface area contributed by atoms with Crippen LogP contribution in [0.5, 0.6) is 0 Å². The summed E-state index contributed by atoms with van der Waals surface area (Å²) in [6, 6.07) is 3.91. The van der Waals surface area contributed by atoms with Gasteiger partial charge in [-0.3, -0.25) is 9.59 Å². The van der Waals surface area contributed by atoms with Crippen molar-refractivity contribution < 1.29 is 19.1 Å². The second kappa shape index (κ2) is 5.27. The van der Waals surface area contributed by atoms with Gasteiger partial charge in [-0.15, -0.1) is 0 Å². The molecule has 1 aromatic carbocycles. The van der Waals surface area contributed by atoms with E-state index in [1.165, 1.54) is 26.0 Å². The van der Waals surface area contributed by atoms with E-state index in [-0.39, 0.29) is 10.6 Å². The lowest BCUT2D eigenvalue weighted by Gasteiger charge is -2.15. The van der Waals surface area contributed by atoms with Gasteiger partial charge in [0.1, 0.15) is 5.82 Å². The summed E-state index contributed by atoms with van der Waals surface area (Å²) in [5, 5.41) is 8.81. The molecular formula is C12H12ClFO3. The molecule has 0 aliphatic heterocycles. The number of carbonyl (C=O) groups excluding carboxylic acids is 1. The van der Waals surface area contributed by atoms with Gasteiger partial charge in [-0.05, 0) is 12.1 Å². The molecule has 0 aliphatic carbocycles. The average Bonchev–Trinajstić information content (AvgIpc) is 2.26. The Balaban J connectivity index is 3.09. The van der Waals surface area contributed by atoms with Gasteiger partial charge in [0.2, 0.25) is 0 Å². The highest BCUT2D eigenvalue weighted by molar-refractivity contribution is 6.34. The van der Waals surface area contributed by atoms with Crippen molar-refractivity contribution in [3.63, 3.8) is 0 Å². The first-order valence-electron chi connectivity index (χ1n) is 5.07. The molecule has 1 N–H and O–H groups in total. The van der Waals surface area contributed by atoms with E-state index >= 15 is 0 Å². The number of Topliss-reactive ketones (excluding diaryl/α,β-unsaturated/α-hetero) is 1. The Morgan fingerprint density at radius 3 is 2.35 bits per heavy atom. The maximum atomic E-state index is 13.5. The molecule has 0 heterocycles. The van der Waals surface area contributed by atoms with Gasteiger partial charge in [0.05, 0.1) is 16.5 Å². The van der Waals surface area contributed by atoms with Crippen molar-refractivity contribution in [1.82, 2.24) is 0 Å². The van der Waals surface area contributed by atoms with Crippen LogP contribution in [-0.2, 0) is 4.79 Å². The summed E-state index contributed by atoms with van der Waals surface area (Å²) in [6.45, 7) is 2.85. The van der Waals surface area contributed by atoms with Crippen LogP contribution in [0.2, 0.25) is 5.02 Å². The lowest BCUT2D eigenvalue weighted by Crippen LogP contribution is -2.26. The van der Waals surface area contributed by atoms with Gasteiger partial charge < -0.3 is 5.11 Å². The molecule has 0 radical (unpaired) electrons. The standard InChI is InChI=1S/C12H12ClFO3/c1-6(7(2)12(16)17)11(15)10-8(13)4-3-5-9(10)14/h3-7H,1-2H3,(H,16,17). The van der Waals surface area contributed by atoms with Gasteiger partial charge >= 0.3 is 5.97 Å². The number of halogens is 2. The van der Waals surface area contributed by atoms with E-state index < -0.39 is 29.4 Å². The van der Waals surface area contributed by atoms with Crippen LogP contribution in [-0.4, -0.2) is 16.9 Å². The van der Waals surface area contributed by atoms with Gasteiger partial charge in [0.25, 0.3) is 0 Å². The second-order valence-electron chi connectivity index (χ2n) is 3.88. The number of rotatable bonds is 4. The maximum Gasteiger partial charge on any atom is 0.306 e. The maximum absolute atomic E-state index is 13.5. The molecule has 5 heteroatoms. The number of ketones is 1. The van der Waals surface area contributed by atoms with Crippen LogP contribution in [0, 0.1) is 17.7 Å². The van der Waals surface area contributed by atoms with Crippen LogP contribution < -0.4 is 0 Å². The average molecular weight is 259 g/mol. The highest BCUT2D eigenvalue weighted by atomic mass is 35.5. The van der Waals surface area contributed by atoms with Crippen molar-refractivity contribution in [3.8, 4) is 0 Å². The Hall–Kier alpha value is -1.42. The van der Waals surface area contributed by atoms with E-state index in [1.807, 2.05) is 0 Å². The van der Waals surface area contributed by atoms with Crippen molar-refractivity contribution in [2.24, 2.45) is 11.8 Å². The van der Waals surface area contributed by atoms with Crippen molar-refractivity contribution in [2.75, 3.05) is 0 Å². The minimum Gasteiger partial charge on any atom is -0.481 e. The first kappa shape index (κ1) is 13.6. The van der Waals surface area contributed by atoms with E-state index in [0.29, 0.717) is 0 Å². The van der Waals surface area contributed by atoms with Gasteiger partial charge in [-0.25, -0.2) is 4.39 Å². The summed E-state index contributed by atoms with van der Waals surface area (Å²) in [5.41, 5.74) is -0.241. The molecular weight excluding hydrogens is 247 g/mol. The molecule has 0 aromatic heterocycles. The van der Waals surface area contributed by atoms with E-state index in [4.69, 9.17) is 16.7 Å². The summed E-state index contributed by atoms with van der Waals surface area (Å²) in [5.74, 6) is -4.15. The van der Waals surface area contributed by atoms with E-state index in [0.717, 1.165) is 6.07 Å². The molecule has 0 amide bonds. The fourth-order valence-corrected chi connectivity index (χ4v) is 1.66. The highest BCUT2D eigenvalue weighted by Gasteiger charge is 2.29. The Kier molecular flexibility index (Phi) is 4.23. The predicted octanol–water partition coefficient (Wildman–Crippen LogP) is 3.02. The third-order valence-electron chi connectivity index (χ3n) is 2.76. The van der Waals surface area contributed by atoms with Crippen molar-refractivity contribution >= 4 is 23.4 Å². The SMILES string of the molecule is CC(C(=O)O)C(C)C(=O)c1c(F)cccc1Cl. The number of hydrogen-bond donors (Lipinski definition) is 1. The fourth-order valence-electron chi connectivity index (χ4n) is 1.40. The summed E-state index contributed by atoms with van der Waals surface area (Å²) < 4.78 is 13.5. The first-order chi connectivity index (χ1) is 7.86. The number of hydrogen-bond acceptors (Lipinski definition) is 2. The lowest BCUT2D eigenvalue weighted by molar-refractivity contribution is -0.142. The van der Waals surface area contributed by atoms with Crippen LogP contribution in [0.3, 0.4) is 0 Å². The van der Waals surface area contributed by atoms with Crippen LogP contribution in [0.4, 0.5) is 4.39 Å². The number of carboxylic acids is 1. The van der Waals surface area contributed by atoms with Crippen LogP contribution in [0.25, 0.3) is 0 Å². The van der Waals surface area contributed by atoms with Gasteiger partial charge in [-0.2, -0.15) is 0 Å². The highest BCUT2D eigenvalue weighted by Crippen LogP contribution is 2.25. The molecule has 0 fully saturated rings. The van der Waals surface area contributed by atoms with Crippen LogP contribution >= 0.6 is 11.6 Å². The normalized spacial score (nSPS) is 14.1.